The molecule has 6 heteroatoms. The van der Waals surface area contributed by atoms with Gasteiger partial charge in [0.15, 0.2) is 0 Å². The summed E-state index contributed by atoms with van der Waals surface area (Å²) in [6.07, 6.45) is 0.405. The number of thiophene rings is 1. The maximum Gasteiger partial charge on any atom is 0.225 e. The van der Waals surface area contributed by atoms with Gasteiger partial charge in [0, 0.05) is 38.2 Å². The van der Waals surface area contributed by atoms with Crippen molar-refractivity contribution < 1.29 is 14.3 Å². The van der Waals surface area contributed by atoms with E-state index in [0.29, 0.717) is 6.42 Å². The number of benzene rings is 2. The van der Waals surface area contributed by atoms with Gasteiger partial charge in [-0.15, -0.1) is 11.3 Å². The summed E-state index contributed by atoms with van der Waals surface area (Å²) < 4.78 is 11.8. The molecule has 0 aliphatic carbocycles. The van der Waals surface area contributed by atoms with E-state index in [9.17, 15) is 4.79 Å². The summed E-state index contributed by atoms with van der Waals surface area (Å²) in [5.74, 6) is 1.59. The molecule has 0 fully saturated rings. The minimum absolute atomic E-state index is 0.0164. The van der Waals surface area contributed by atoms with E-state index in [-0.39, 0.29) is 11.8 Å². The van der Waals surface area contributed by atoms with Gasteiger partial charge in [0.1, 0.15) is 11.5 Å². The molecule has 138 valence electrons. The molecule has 2 heterocycles. The Balaban J connectivity index is 1.81. The molecular weight excluding hydrogens is 426 g/mol. The average molecular weight is 444 g/mol. The zero-order valence-corrected chi connectivity index (χ0v) is 17.3. The largest absolute Gasteiger partial charge is 0.497 e. The number of carbonyl (C=O) groups is 1. The van der Waals surface area contributed by atoms with Crippen molar-refractivity contribution in [2.75, 3.05) is 19.5 Å². The van der Waals surface area contributed by atoms with Crippen molar-refractivity contribution in [2.45, 2.75) is 12.3 Å². The van der Waals surface area contributed by atoms with Crippen LogP contribution in [0.5, 0.6) is 11.5 Å². The normalized spacial score (nSPS) is 15.8. The Morgan fingerprint density at radius 1 is 1.11 bits per heavy atom. The molecular formula is C21H18BrNO3S. The summed E-state index contributed by atoms with van der Waals surface area (Å²) in [5, 5.41) is 5.18. The first-order chi connectivity index (χ1) is 13.1. The molecule has 1 amide bonds. The molecule has 27 heavy (non-hydrogen) atoms. The Kier molecular flexibility index (Phi) is 4.93. The van der Waals surface area contributed by atoms with Gasteiger partial charge in [-0.2, -0.15) is 0 Å². The summed E-state index contributed by atoms with van der Waals surface area (Å²) in [6.45, 7) is 0. The number of hydrogen-bond donors (Lipinski definition) is 1. The molecule has 1 atom stereocenters. The standard InChI is InChI=1S/C21H18BrNO3S/c1-25-14-6-3-12(4-7-14)17-11-27-21-16(10-19(24)23-20(17)21)15-9-13(22)5-8-18(15)26-2/h3-9,11,16H,10H2,1-2H3,(H,23,24)/t16-/m0/s1. The van der Waals surface area contributed by atoms with E-state index in [1.54, 1.807) is 25.6 Å². The number of amides is 1. The summed E-state index contributed by atoms with van der Waals surface area (Å²) in [4.78, 5) is 13.6. The van der Waals surface area contributed by atoms with Gasteiger partial charge in [-0.25, -0.2) is 0 Å². The lowest BCUT2D eigenvalue weighted by atomic mass is 9.88. The number of anilines is 1. The number of halogens is 1. The Hall–Kier alpha value is -2.31. The van der Waals surface area contributed by atoms with Crippen LogP contribution in [0.15, 0.2) is 52.3 Å². The van der Waals surface area contributed by atoms with Crippen LogP contribution in [0.25, 0.3) is 11.1 Å². The van der Waals surface area contributed by atoms with Crippen molar-refractivity contribution in [3.63, 3.8) is 0 Å². The number of methoxy groups -OCH3 is 2. The van der Waals surface area contributed by atoms with E-state index in [0.717, 1.165) is 43.2 Å². The van der Waals surface area contributed by atoms with Crippen LogP contribution in [-0.2, 0) is 4.79 Å². The van der Waals surface area contributed by atoms with Crippen LogP contribution >= 0.6 is 27.3 Å². The fraction of sp³-hybridized carbons (Fsp3) is 0.190. The second kappa shape index (κ2) is 7.37. The molecule has 3 aromatic rings. The fourth-order valence-corrected chi connectivity index (χ4v) is 4.97. The first kappa shape index (κ1) is 18.1. The lowest BCUT2D eigenvalue weighted by molar-refractivity contribution is -0.116. The molecule has 1 aliphatic heterocycles. The number of carbonyl (C=O) groups excluding carboxylic acids is 1. The number of ether oxygens (including phenoxy) is 2. The van der Waals surface area contributed by atoms with E-state index in [1.807, 2.05) is 42.5 Å². The quantitative estimate of drug-likeness (QED) is 0.564. The van der Waals surface area contributed by atoms with Gasteiger partial charge < -0.3 is 14.8 Å². The third-order valence-corrected chi connectivity index (χ3v) is 6.35. The molecule has 1 N–H and O–H groups in total. The first-order valence-corrected chi connectivity index (χ1v) is 10.2. The van der Waals surface area contributed by atoms with Gasteiger partial charge in [0.25, 0.3) is 0 Å². The minimum Gasteiger partial charge on any atom is -0.497 e. The maximum absolute atomic E-state index is 12.5. The van der Waals surface area contributed by atoms with Crippen molar-refractivity contribution in [3.05, 3.63) is 62.8 Å². The molecule has 0 unspecified atom stereocenters. The van der Waals surface area contributed by atoms with E-state index in [4.69, 9.17) is 9.47 Å². The lowest BCUT2D eigenvalue weighted by Gasteiger charge is -2.25. The SMILES string of the molecule is COc1ccc(-c2csc3c2NC(=O)C[C@H]3c2cc(Br)ccc2OC)cc1. The van der Waals surface area contributed by atoms with Crippen LogP contribution in [0.1, 0.15) is 22.8 Å². The highest BCUT2D eigenvalue weighted by molar-refractivity contribution is 9.10. The molecule has 4 rings (SSSR count). The molecule has 0 saturated heterocycles. The van der Waals surface area contributed by atoms with Crippen LogP contribution in [-0.4, -0.2) is 20.1 Å². The molecule has 0 bridgehead atoms. The van der Waals surface area contributed by atoms with Crippen LogP contribution in [0.4, 0.5) is 5.69 Å². The molecule has 0 radical (unpaired) electrons. The monoisotopic (exact) mass is 443 g/mol. The van der Waals surface area contributed by atoms with Gasteiger partial charge in [-0.1, -0.05) is 28.1 Å². The Bertz CT molecular complexity index is 997. The predicted octanol–water partition coefficient (Wildman–Crippen LogP) is 5.67. The predicted molar refractivity (Wildman–Crippen MR) is 112 cm³/mol. The van der Waals surface area contributed by atoms with Gasteiger partial charge in [-0.3, -0.25) is 4.79 Å². The van der Waals surface area contributed by atoms with E-state index >= 15 is 0 Å². The molecule has 1 aromatic heterocycles. The lowest BCUT2D eigenvalue weighted by Crippen LogP contribution is -2.22. The van der Waals surface area contributed by atoms with Crippen molar-refractivity contribution in [1.29, 1.82) is 0 Å². The zero-order valence-electron chi connectivity index (χ0n) is 14.9. The summed E-state index contributed by atoms with van der Waals surface area (Å²) in [7, 11) is 3.31. The van der Waals surface area contributed by atoms with Crippen LogP contribution in [0, 0.1) is 0 Å². The van der Waals surface area contributed by atoms with Crippen molar-refractivity contribution in [2.24, 2.45) is 0 Å². The molecule has 1 aliphatic rings. The van der Waals surface area contributed by atoms with Crippen molar-refractivity contribution in [3.8, 4) is 22.6 Å². The number of fused-ring (bicyclic) bond motifs is 1. The van der Waals surface area contributed by atoms with E-state index in [2.05, 4.69) is 26.6 Å². The van der Waals surface area contributed by atoms with Crippen LogP contribution in [0.2, 0.25) is 0 Å². The maximum atomic E-state index is 12.5. The second-order valence-corrected chi connectivity index (χ2v) is 8.14. The number of hydrogen-bond acceptors (Lipinski definition) is 4. The fourth-order valence-electron chi connectivity index (χ4n) is 3.44. The third-order valence-electron chi connectivity index (χ3n) is 4.76. The summed E-state index contributed by atoms with van der Waals surface area (Å²) in [5.41, 5.74) is 4.00. The Morgan fingerprint density at radius 2 is 1.89 bits per heavy atom. The topological polar surface area (TPSA) is 47.6 Å². The Labute approximate surface area is 170 Å². The highest BCUT2D eigenvalue weighted by Crippen LogP contribution is 2.48. The summed E-state index contributed by atoms with van der Waals surface area (Å²) in [6, 6.07) is 13.8. The van der Waals surface area contributed by atoms with Gasteiger partial charge in [0.2, 0.25) is 5.91 Å². The van der Waals surface area contributed by atoms with Crippen LogP contribution < -0.4 is 14.8 Å². The Morgan fingerprint density at radius 3 is 2.59 bits per heavy atom. The second-order valence-electron chi connectivity index (χ2n) is 6.31. The number of nitrogens with one attached hydrogen (secondary N) is 1. The van der Waals surface area contributed by atoms with E-state index in [1.165, 1.54) is 0 Å². The summed E-state index contributed by atoms with van der Waals surface area (Å²) >= 11 is 5.21. The van der Waals surface area contributed by atoms with Gasteiger partial charge in [-0.05, 0) is 35.9 Å². The smallest absolute Gasteiger partial charge is 0.225 e. The van der Waals surface area contributed by atoms with Crippen molar-refractivity contribution >= 4 is 38.9 Å². The van der Waals surface area contributed by atoms with Crippen LogP contribution in [0.3, 0.4) is 0 Å². The highest BCUT2D eigenvalue weighted by atomic mass is 79.9. The third kappa shape index (κ3) is 3.35. The molecule has 0 saturated carbocycles. The molecule has 0 spiro atoms. The first-order valence-electron chi connectivity index (χ1n) is 8.49. The molecule has 2 aromatic carbocycles. The van der Waals surface area contributed by atoms with Gasteiger partial charge in [0.05, 0.1) is 19.9 Å². The molecule has 4 nitrogen and oxygen atoms in total. The van der Waals surface area contributed by atoms with E-state index < -0.39 is 0 Å². The highest BCUT2D eigenvalue weighted by Gasteiger charge is 2.32. The minimum atomic E-state index is -0.0294. The number of rotatable bonds is 4. The van der Waals surface area contributed by atoms with Gasteiger partial charge >= 0.3 is 0 Å². The van der Waals surface area contributed by atoms with Crippen molar-refractivity contribution in [1.82, 2.24) is 0 Å². The zero-order chi connectivity index (χ0) is 19.0. The average Bonchev–Trinajstić information content (AvgIpc) is 3.11.